The van der Waals surface area contributed by atoms with Gasteiger partial charge in [0.25, 0.3) is 0 Å². The van der Waals surface area contributed by atoms with E-state index in [2.05, 4.69) is 48.4 Å². The molecule has 3 atom stereocenters. The van der Waals surface area contributed by atoms with Gasteiger partial charge in [0, 0.05) is 50.1 Å². The molecule has 2 amide bonds. The molecular weight excluding hydrogens is 658 g/mol. The molecule has 1 aromatic carbocycles. The Morgan fingerprint density at radius 3 is 2.43 bits per heavy atom. The summed E-state index contributed by atoms with van der Waals surface area (Å²) in [5.74, 6) is -0.252. The molecule has 0 aliphatic carbocycles. The maximum atomic E-state index is 13.2. The lowest BCUT2D eigenvalue weighted by Gasteiger charge is -2.39. The summed E-state index contributed by atoms with van der Waals surface area (Å²) in [5.41, 5.74) is 2.98. The van der Waals surface area contributed by atoms with E-state index in [1.165, 1.54) is 18.0 Å². The molecule has 4 aliphatic heterocycles. The minimum Gasteiger partial charge on any atom is -0.432 e. The first-order chi connectivity index (χ1) is 23.5. The number of benzene rings is 1. The van der Waals surface area contributed by atoms with Crippen molar-refractivity contribution in [2.75, 3.05) is 30.7 Å². The number of imide groups is 1. The number of carbonyl (C=O) groups excluding carboxylic acids is 2. The van der Waals surface area contributed by atoms with E-state index in [0.29, 0.717) is 63.2 Å². The van der Waals surface area contributed by atoms with Crippen LogP contribution in [0, 0.1) is 0 Å². The number of nitrogens with zero attached hydrogens (tertiary/aromatic N) is 6. The van der Waals surface area contributed by atoms with E-state index >= 15 is 0 Å². The van der Waals surface area contributed by atoms with E-state index in [-0.39, 0.29) is 35.3 Å². The Balaban J connectivity index is 0.895. The SMILES string of the molecule is Cn1nc(C2CCC(=O)NC2=O)c2ccc(C3CC4CCC(C3)N4CCCS(=O)(=O)N3CCC(Nc4ncc(OC(F)F)cn4)CC3)cc21. The largest absolute Gasteiger partial charge is 0.432 e. The number of halogens is 2. The van der Waals surface area contributed by atoms with Gasteiger partial charge in [-0.3, -0.25) is 24.5 Å². The molecule has 6 heterocycles. The summed E-state index contributed by atoms with van der Waals surface area (Å²) in [6.07, 6.45) is 9.21. The van der Waals surface area contributed by atoms with Crippen molar-refractivity contribution in [2.24, 2.45) is 7.05 Å². The van der Waals surface area contributed by atoms with Crippen LogP contribution in [0.25, 0.3) is 10.9 Å². The summed E-state index contributed by atoms with van der Waals surface area (Å²) in [5, 5.41) is 11.3. The van der Waals surface area contributed by atoms with Crippen LogP contribution in [-0.4, -0.2) is 99.3 Å². The van der Waals surface area contributed by atoms with E-state index in [9.17, 15) is 26.8 Å². The summed E-state index contributed by atoms with van der Waals surface area (Å²) >= 11 is 0. The number of hydrogen-bond acceptors (Lipinski definition) is 10. The lowest BCUT2D eigenvalue weighted by molar-refractivity contribution is -0.134. The number of carbonyl (C=O) groups is 2. The molecule has 2 N–H and O–H groups in total. The Morgan fingerprint density at radius 2 is 1.76 bits per heavy atom. The lowest BCUT2D eigenvalue weighted by atomic mass is 9.84. The Bertz CT molecular complexity index is 1780. The van der Waals surface area contributed by atoms with Crippen molar-refractivity contribution in [2.45, 2.75) is 94.4 Å². The number of anilines is 1. The van der Waals surface area contributed by atoms with E-state index in [1.807, 2.05) is 11.7 Å². The molecule has 0 radical (unpaired) electrons. The van der Waals surface area contributed by atoms with Crippen LogP contribution in [0.1, 0.15) is 80.9 Å². The zero-order valence-electron chi connectivity index (χ0n) is 27.4. The number of hydrogen-bond donors (Lipinski definition) is 2. The van der Waals surface area contributed by atoms with Gasteiger partial charge >= 0.3 is 6.61 Å². The van der Waals surface area contributed by atoms with Gasteiger partial charge in [-0.15, -0.1) is 0 Å². The van der Waals surface area contributed by atoms with Crippen molar-refractivity contribution >= 4 is 38.7 Å². The van der Waals surface area contributed by atoms with Crippen molar-refractivity contribution in [1.29, 1.82) is 0 Å². The van der Waals surface area contributed by atoms with Gasteiger partial charge in [0.05, 0.1) is 35.3 Å². The van der Waals surface area contributed by atoms with Crippen molar-refractivity contribution < 1.29 is 31.5 Å². The Morgan fingerprint density at radius 1 is 1.04 bits per heavy atom. The van der Waals surface area contributed by atoms with Gasteiger partial charge in [0.1, 0.15) is 0 Å². The van der Waals surface area contributed by atoms with Gasteiger partial charge in [-0.1, -0.05) is 12.1 Å². The van der Waals surface area contributed by atoms with Gasteiger partial charge < -0.3 is 10.1 Å². The number of ether oxygens (including phenoxy) is 1. The summed E-state index contributed by atoms with van der Waals surface area (Å²) in [6, 6.07) is 7.28. The first kappa shape index (κ1) is 33.7. The van der Waals surface area contributed by atoms with Crippen molar-refractivity contribution in [3.63, 3.8) is 0 Å². The van der Waals surface area contributed by atoms with Gasteiger partial charge in [-0.25, -0.2) is 22.7 Å². The van der Waals surface area contributed by atoms with Gasteiger partial charge in [0.15, 0.2) is 5.75 Å². The summed E-state index contributed by atoms with van der Waals surface area (Å²) in [6.45, 7) is -1.38. The zero-order chi connectivity index (χ0) is 34.3. The first-order valence-electron chi connectivity index (χ1n) is 17.1. The molecule has 13 nitrogen and oxygen atoms in total. The maximum Gasteiger partial charge on any atom is 0.387 e. The van der Waals surface area contributed by atoms with Gasteiger partial charge in [0.2, 0.25) is 27.8 Å². The average molecular weight is 701 g/mol. The van der Waals surface area contributed by atoms with Crippen LogP contribution >= 0.6 is 0 Å². The number of nitrogens with one attached hydrogen (secondary N) is 2. The smallest absolute Gasteiger partial charge is 0.387 e. The van der Waals surface area contributed by atoms with Crippen LogP contribution in [0.5, 0.6) is 5.75 Å². The highest BCUT2D eigenvalue weighted by Gasteiger charge is 2.41. The fourth-order valence-corrected chi connectivity index (χ4v) is 9.77. The number of fused-ring (bicyclic) bond motifs is 3. The maximum absolute atomic E-state index is 13.2. The second-order valence-corrected chi connectivity index (χ2v) is 15.8. The molecule has 3 aromatic rings. The summed E-state index contributed by atoms with van der Waals surface area (Å²) < 4.78 is 58.9. The predicted octanol–water partition coefficient (Wildman–Crippen LogP) is 3.49. The first-order valence-corrected chi connectivity index (χ1v) is 18.7. The minimum atomic E-state index is -3.39. The molecule has 264 valence electrons. The van der Waals surface area contributed by atoms with E-state index < -0.39 is 22.6 Å². The molecule has 4 aliphatic rings. The second-order valence-electron chi connectivity index (χ2n) is 13.7. The van der Waals surface area contributed by atoms with Crippen LogP contribution in [0.2, 0.25) is 0 Å². The second kappa shape index (κ2) is 13.9. The highest BCUT2D eigenvalue weighted by Crippen LogP contribution is 2.44. The average Bonchev–Trinajstić information content (AvgIpc) is 3.51. The standard InChI is InChI=1S/C33H42F2N8O5S/c1-41-28-17-20(3-6-26(28)30(40-41)27-7-8-29(44)39-31(27)45)21-15-23-4-5-24(16-21)43(23)11-2-14-49(46,47)42-12-9-22(10-13-42)38-33-36-18-25(19-37-33)48-32(34)35/h3,6,17-19,21-24,27,32H,2,4-5,7-16H2,1H3,(H,36,37,38)(H,39,44,45). The van der Waals surface area contributed by atoms with Crippen LogP contribution in [0.4, 0.5) is 14.7 Å². The van der Waals surface area contributed by atoms with Crippen molar-refractivity contribution in [3.8, 4) is 5.75 Å². The predicted molar refractivity (Wildman–Crippen MR) is 177 cm³/mol. The Hall–Kier alpha value is -3.76. The van der Waals surface area contributed by atoms with Crippen molar-refractivity contribution in [3.05, 3.63) is 41.9 Å². The fourth-order valence-electron chi connectivity index (χ4n) is 8.25. The third-order valence-corrected chi connectivity index (χ3v) is 12.6. The number of sulfonamides is 1. The van der Waals surface area contributed by atoms with Crippen LogP contribution < -0.4 is 15.4 Å². The highest BCUT2D eigenvalue weighted by molar-refractivity contribution is 7.89. The molecule has 0 saturated carbocycles. The molecule has 16 heteroatoms. The molecular formula is C33H42F2N8O5S. The third kappa shape index (κ3) is 7.26. The number of aromatic nitrogens is 4. The fraction of sp³-hybridized carbons (Fsp3) is 0.606. The number of piperidine rings is 3. The lowest BCUT2D eigenvalue weighted by Crippen LogP contribution is -2.45. The van der Waals surface area contributed by atoms with Gasteiger partial charge in [-0.2, -0.15) is 13.9 Å². The molecule has 2 aromatic heterocycles. The van der Waals surface area contributed by atoms with Crippen LogP contribution in [0.3, 0.4) is 0 Å². The molecule has 4 saturated heterocycles. The normalized spacial score (nSPS) is 25.6. The van der Waals surface area contributed by atoms with Crippen molar-refractivity contribution in [1.82, 2.24) is 34.3 Å². The molecule has 3 unspecified atom stereocenters. The molecule has 2 bridgehead atoms. The topological polar surface area (TPSA) is 152 Å². The zero-order valence-corrected chi connectivity index (χ0v) is 28.2. The Labute approximate surface area is 283 Å². The molecule has 4 fully saturated rings. The monoisotopic (exact) mass is 700 g/mol. The number of rotatable bonds is 11. The molecule has 0 spiro atoms. The summed E-state index contributed by atoms with van der Waals surface area (Å²) in [7, 11) is -1.50. The summed E-state index contributed by atoms with van der Waals surface area (Å²) in [4.78, 5) is 34.8. The molecule has 7 rings (SSSR count). The number of aryl methyl sites for hydroxylation is 1. The molecule has 49 heavy (non-hydrogen) atoms. The number of amides is 2. The third-order valence-electron chi connectivity index (χ3n) is 10.7. The van der Waals surface area contributed by atoms with E-state index in [0.717, 1.165) is 48.8 Å². The Kier molecular flexibility index (Phi) is 9.54. The van der Waals surface area contributed by atoms with Gasteiger partial charge in [-0.05, 0) is 75.5 Å². The minimum absolute atomic E-state index is 0.0174. The highest BCUT2D eigenvalue weighted by atomic mass is 32.2. The van der Waals surface area contributed by atoms with Crippen LogP contribution in [-0.2, 0) is 26.7 Å². The number of alkyl halides is 2. The van der Waals surface area contributed by atoms with E-state index in [1.54, 1.807) is 4.31 Å². The van der Waals surface area contributed by atoms with Crippen LogP contribution in [0.15, 0.2) is 30.6 Å². The van der Waals surface area contributed by atoms with E-state index in [4.69, 9.17) is 5.10 Å². The quantitative estimate of drug-likeness (QED) is 0.285.